The Morgan fingerprint density at radius 1 is 0.235 bits per heavy atom. The molecule has 0 unspecified atom stereocenters. The molecule has 0 heterocycles. The predicted octanol–water partition coefficient (Wildman–Crippen LogP) is -6.02. The maximum atomic E-state index is 0. The first-order valence-corrected chi connectivity index (χ1v) is 0. The van der Waals surface area contributed by atoms with Gasteiger partial charge in [-0.15, -0.1) is 0 Å². The maximum Gasteiger partial charge on any atom is 3.00 e. The van der Waals surface area contributed by atoms with E-state index >= 15 is 0 Å². The first-order valence-electron chi connectivity index (χ1n) is 0. The summed E-state index contributed by atoms with van der Waals surface area (Å²) < 4.78 is 0. The zero-order valence-electron chi connectivity index (χ0n) is 7.49. The van der Waals surface area contributed by atoms with E-state index in [0.29, 0.717) is 0 Å². The van der Waals surface area contributed by atoms with Crippen molar-refractivity contribution in [3.8, 4) is 0 Å². The van der Waals surface area contributed by atoms with Crippen molar-refractivity contribution < 1.29 is 204 Å². The van der Waals surface area contributed by atoms with Gasteiger partial charge in [-0.25, -0.2) is 0 Å². The number of hydrogen-bond donors (Lipinski definition) is 0. The standard InChI is InChI=1S/2Er.12H2O.3W/h;;12*1H2;;;/q2*+3;;;;;;;;;;;;;;;/p-6. The molecule has 0 fully saturated rings. The molecule has 17 heteroatoms. The van der Waals surface area contributed by atoms with E-state index in [0.717, 1.165) is 0 Å². The van der Waals surface area contributed by atoms with Crippen molar-refractivity contribution >= 4 is 0 Å². The van der Waals surface area contributed by atoms with E-state index in [1.165, 1.54) is 0 Å². The average Bonchev–Trinajstić information content (AvgIpc) is 0. The molecule has 0 bridgehead atoms. The van der Waals surface area contributed by atoms with Gasteiger partial charge in [-0.3, -0.25) is 0 Å². The van der Waals surface area contributed by atoms with Crippen LogP contribution in [-0.4, -0.2) is 65.7 Å². The van der Waals surface area contributed by atoms with Crippen molar-refractivity contribution in [3.05, 3.63) is 0 Å². The van der Waals surface area contributed by atoms with Gasteiger partial charge >= 0.3 is 74.6 Å². The minimum absolute atomic E-state index is 0. The summed E-state index contributed by atoms with van der Waals surface area (Å²) >= 11 is 0. The topological polar surface area (TPSA) is 369 Å². The van der Waals surface area contributed by atoms with Gasteiger partial charge in [0.25, 0.3) is 0 Å². The number of rotatable bonds is 0. The van der Waals surface area contributed by atoms with Gasteiger partial charge in [-0.1, -0.05) is 0 Å². The van der Waals surface area contributed by atoms with Gasteiger partial charge in [0, 0.05) is 63.2 Å². The van der Waals surface area contributed by atoms with Crippen LogP contribution in [-0.2, 0) is 63.2 Å². The van der Waals surface area contributed by atoms with Crippen molar-refractivity contribution in [3.63, 3.8) is 0 Å². The van der Waals surface area contributed by atoms with Crippen molar-refractivity contribution in [2.24, 2.45) is 0 Å². The molecule has 0 amide bonds. The van der Waals surface area contributed by atoms with Crippen molar-refractivity contribution in [2.45, 2.75) is 0 Å². The summed E-state index contributed by atoms with van der Waals surface area (Å²) in [5.41, 5.74) is 0. The van der Waals surface area contributed by atoms with Gasteiger partial charge in [0.05, 0.1) is 0 Å². The van der Waals surface area contributed by atoms with Gasteiger partial charge in [0.1, 0.15) is 0 Å². The van der Waals surface area contributed by atoms with Crippen LogP contribution in [0.15, 0.2) is 0 Å². The Morgan fingerprint density at radius 2 is 0.235 bits per heavy atom. The predicted molar refractivity (Wildman–Crippen MR) is 33.3 cm³/mol. The molecular weight excluding hydrogens is 1080 g/mol. The Kier molecular flexibility index (Phi) is 13200. The molecule has 0 saturated heterocycles. The van der Waals surface area contributed by atoms with Gasteiger partial charge in [-0.2, -0.15) is 0 Å². The summed E-state index contributed by atoms with van der Waals surface area (Å²) in [5.74, 6) is 0. The van der Waals surface area contributed by atoms with Crippen LogP contribution in [0.1, 0.15) is 0 Å². The zero-order chi connectivity index (χ0) is 0. The fourth-order valence-electron chi connectivity index (χ4n) is 0. The summed E-state index contributed by atoms with van der Waals surface area (Å²) in [6.07, 6.45) is 0. The van der Waals surface area contributed by atoms with Crippen LogP contribution in [0.25, 0.3) is 0 Å². The van der Waals surface area contributed by atoms with E-state index in [-0.39, 0.29) is 204 Å². The monoisotopic (exact) mass is 1090 g/mol. The molecule has 0 aliphatic rings. The molecule has 0 atom stereocenters. The Hall–Kier alpha value is 4.08. The molecule has 0 aliphatic carbocycles. The van der Waals surface area contributed by atoms with E-state index in [9.17, 15) is 0 Å². The van der Waals surface area contributed by atoms with Crippen molar-refractivity contribution in [1.82, 2.24) is 0 Å². The third-order valence-electron chi connectivity index (χ3n) is 0. The first-order chi connectivity index (χ1) is 0. The molecule has 0 aromatic rings. The van der Waals surface area contributed by atoms with Gasteiger partial charge < -0.3 is 65.7 Å². The zero-order valence-corrected chi connectivity index (χ0v) is 20.0. The second-order valence-electron chi connectivity index (χ2n) is 0. The van der Waals surface area contributed by atoms with Crippen LogP contribution in [0.4, 0.5) is 0 Å². The van der Waals surface area contributed by atoms with Crippen LogP contribution in [0.5, 0.6) is 0 Å². The second kappa shape index (κ2) is 439. The SMILES string of the molecule is O.O.O.O.O.O.[Er+3].[Er+3].[OH-].[OH-].[OH-].[OH-].[OH-].[OH-].[W].[W].[W]. The van der Waals surface area contributed by atoms with Crippen LogP contribution in [0.3, 0.4) is 0 Å². The molecule has 0 spiro atoms. The Morgan fingerprint density at radius 3 is 0.235 bits per heavy atom. The van der Waals surface area contributed by atoms with E-state index in [4.69, 9.17) is 0 Å². The fourth-order valence-corrected chi connectivity index (χ4v) is 0. The van der Waals surface area contributed by atoms with E-state index in [1.54, 1.807) is 0 Å². The molecule has 18 N–H and O–H groups in total. The second-order valence-corrected chi connectivity index (χ2v) is 0. The molecule has 0 aliphatic heterocycles. The number of hydrogen-bond acceptors (Lipinski definition) is 6. The summed E-state index contributed by atoms with van der Waals surface area (Å²) in [6, 6.07) is 0. The van der Waals surface area contributed by atoms with E-state index in [2.05, 4.69) is 0 Å². The average molecular weight is 1100 g/mol. The van der Waals surface area contributed by atoms with Gasteiger partial charge in [0.2, 0.25) is 0 Å². The molecule has 17 heavy (non-hydrogen) atoms. The molecule has 0 saturated carbocycles. The molecule has 132 valence electrons. The summed E-state index contributed by atoms with van der Waals surface area (Å²) in [5, 5.41) is 0. The molecule has 2 radical (unpaired) electrons. The minimum atomic E-state index is 0. The van der Waals surface area contributed by atoms with Crippen LogP contribution >= 0.6 is 0 Å². The van der Waals surface area contributed by atoms with Crippen molar-refractivity contribution in [1.29, 1.82) is 0 Å². The third kappa shape index (κ3) is 395. The van der Waals surface area contributed by atoms with Gasteiger partial charge in [0.15, 0.2) is 0 Å². The largest absolute Gasteiger partial charge is 3.00 e. The van der Waals surface area contributed by atoms with Crippen LogP contribution in [0.2, 0.25) is 0 Å². The molecule has 0 aromatic heterocycles. The van der Waals surface area contributed by atoms with E-state index in [1.807, 2.05) is 0 Å². The molecule has 0 rings (SSSR count). The normalized spacial score (nSPS) is 0. The molecule has 12 nitrogen and oxygen atoms in total. The maximum absolute atomic E-state index is 0. The minimum Gasteiger partial charge on any atom is -0.870 e. The van der Waals surface area contributed by atoms with Crippen molar-refractivity contribution in [2.75, 3.05) is 0 Å². The Balaban J connectivity index is 0. The smallest absolute Gasteiger partial charge is 0.870 e. The quantitative estimate of drug-likeness (QED) is 0.227. The third-order valence-corrected chi connectivity index (χ3v) is 0. The molecular formula is H18Er2O12W3. The Bertz CT molecular complexity index is 19.7. The summed E-state index contributed by atoms with van der Waals surface area (Å²) in [7, 11) is 0. The fraction of sp³-hybridized carbons (Fsp3) is 0. The summed E-state index contributed by atoms with van der Waals surface area (Å²) in [4.78, 5) is 0. The molecule has 0 aromatic carbocycles. The van der Waals surface area contributed by atoms with Gasteiger partial charge in [-0.05, 0) is 0 Å². The van der Waals surface area contributed by atoms with Crippen LogP contribution in [0, 0.1) is 74.6 Å². The van der Waals surface area contributed by atoms with Crippen LogP contribution < -0.4 is 0 Å². The Labute approximate surface area is 200 Å². The summed E-state index contributed by atoms with van der Waals surface area (Å²) in [6.45, 7) is 0. The van der Waals surface area contributed by atoms with E-state index < -0.39 is 0 Å². The first kappa shape index (κ1) is 511.